The quantitative estimate of drug-likeness (QED) is 0.755. The van der Waals surface area contributed by atoms with Gasteiger partial charge in [0, 0.05) is 26.2 Å². The molecule has 2 aliphatic rings. The summed E-state index contributed by atoms with van der Waals surface area (Å²) in [5.74, 6) is -3.21. The summed E-state index contributed by atoms with van der Waals surface area (Å²) in [6, 6.07) is 0. The van der Waals surface area contributed by atoms with Gasteiger partial charge < -0.3 is 9.32 Å². The largest absolute Gasteiger partial charge is 0.445 e. The summed E-state index contributed by atoms with van der Waals surface area (Å²) in [5, 5.41) is 0. The summed E-state index contributed by atoms with van der Waals surface area (Å²) in [6.07, 6.45) is -3.02. The van der Waals surface area contributed by atoms with Crippen LogP contribution in [-0.2, 0) is 21.2 Å². The van der Waals surface area contributed by atoms with Crippen LogP contribution in [0.25, 0.3) is 0 Å². The normalized spacial score (nSPS) is 27.0. The second-order valence-corrected chi connectivity index (χ2v) is 9.09. The van der Waals surface area contributed by atoms with E-state index < -0.39 is 33.8 Å². The maximum Gasteiger partial charge on any atom is 0.393 e. The Morgan fingerprint density at radius 3 is 2.50 bits per heavy atom. The van der Waals surface area contributed by atoms with Crippen LogP contribution < -0.4 is 0 Å². The zero-order chi connectivity index (χ0) is 19.1. The molecule has 1 aromatic heterocycles. The topological polar surface area (TPSA) is 83.7 Å². The third kappa shape index (κ3) is 4.20. The van der Waals surface area contributed by atoms with Gasteiger partial charge >= 0.3 is 6.18 Å². The van der Waals surface area contributed by atoms with Crippen LogP contribution in [0, 0.1) is 18.8 Å². The number of carbonyl (C=O) groups is 1. The van der Waals surface area contributed by atoms with E-state index >= 15 is 0 Å². The standard InChI is InChI=1S/C15H20F3N3O4S/c1-10-6-19-13(25-10)9-20-7-11(12(8-20)15(16,17)18)14(22)21-2-4-26(23,24)5-3-21/h6,11-12H,2-5,7-9H2,1H3/t11-,12-/m0/s1. The van der Waals surface area contributed by atoms with Gasteiger partial charge in [0.25, 0.3) is 0 Å². The maximum absolute atomic E-state index is 13.4. The molecule has 2 fully saturated rings. The molecule has 0 aliphatic carbocycles. The van der Waals surface area contributed by atoms with Crippen LogP contribution in [0.4, 0.5) is 13.2 Å². The lowest BCUT2D eigenvalue weighted by atomic mass is 9.94. The Bertz CT molecular complexity index is 763. The van der Waals surface area contributed by atoms with Crippen LogP contribution in [0.2, 0.25) is 0 Å². The molecule has 2 aliphatic heterocycles. The third-order valence-corrected chi connectivity index (χ3v) is 6.43. The molecule has 2 atom stereocenters. The Balaban J connectivity index is 1.72. The summed E-state index contributed by atoms with van der Waals surface area (Å²) >= 11 is 0. The van der Waals surface area contributed by atoms with Gasteiger partial charge in [-0.05, 0) is 6.92 Å². The Morgan fingerprint density at radius 2 is 1.96 bits per heavy atom. The van der Waals surface area contributed by atoms with Crippen molar-refractivity contribution in [3.63, 3.8) is 0 Å². The molecule has 2 saturated heterocycles. The van der Waals surface area contributed by atoms with Crippen molar-refractivity contribution in [3.8, 4) is 0 Å². The number of carbonyl (C=O) groups excluding carboxylic acids is 1. The third-order valence-electron chi connectivity index (χ3n) is 4.82. The second kappa shape index (κ2) is 6.84. The number of aromatic nitrogens is 1. The molecular weight excluding hydrogens is 375 g/mol. The fraction of sp³-hybridized carbons (Fsp3) is 0.733. The highest BCUT2D eigenvalue weighted by molar-refractivity contribution is 7.91. The van der Waals surface area contributed by atoms with Crippen molar-refractivity contribution in [2.24, 2.45) is 11.8 Å². The van der Waals surface area contributed by atoms with Crippen molar-refractivity contribution < 1.29 is 30.8 Å². The number of halogens is 3. The van der Waals surface area contributed by atoms with Gasteiger partial charge in [0.05, 0.1) is 36.1 Å². The van der Waals surface area contributed by atoms with Crippen molar-refractivity contribution >= 4 is 15.7 Å². The fourth-order valence-corrected chi connectivity index (χ4v) is 4.63. The fourth-order valence-electron chi connectivity index (χ4n) is 3.43. The van der Waals surface area contributed by atoms with Crippen LogP contribution in [0.3, 0.4) is 0 Å². The number of aryl methyl sites for hydroxylation is 1. The number of amides is 1. The van der Waals surface area contributed by atoms with Crippen molar-refractivity contribution in [1.82, 2.24) is 14.8 Å². The highest BCUT2D eigenvalue weighted by atomic mass is 32.2. The van der Waals surface area contributed by atoms with Gasteiger partial charge in [0.2, 0.25) is 11.8 Å². The number of likely N-dealkylation sites (tertiary alicyclic amines) is 1. The van der Waals surface area contributed by atoms with Crippen molar-refractivity contribution in [2.45, 2.75) is 19.6 Å². The van der Waals surface area contributed by atoms with Gasteiger partial charge in [-0.15, -0.1) is 0 Å². The summed E-state index contributed by atoms with van der Waals surface area (Å²) in [7, 11) is -3.21. The second-order valence-electron chi connectivity index (χ2n) is 6.79. The summed E-state index contributed by atoms with van der Waals surface area (Å²) in [4.78, 5) is 19.4. The van der Waals surface area contributed by atoms with E-state index in [0.29, 0.717) is 11.7 Å². The summed E-state index contributed by atoms with van der Waals surface area (Å²) < 4.78 is 68.6. The van der Waals surface area contributed by atoms with Crippen LogP contribution in [-0.4, -0.2) is 73.0 Å². The van der Waals surface area contributed by atoms with Gasteiger partial charge in [-0.2, -0.15) is 13.2 Å². The van der Waals surface area contributed by atoms with Gasteiger partial charge in [0.1, 0.15) is 5.76 Å². The zero-order valence-corrected chi connectivity index (χ0v) is 15.0. The molecule has 0 bridgehead atoms. The molecule has 0 saturated carbocycles. The maximum atomic E-state index is 13.4. The monoisotopic (exact) mass is 395 g/mol. The molecule has 3 heterocycles. The molecule has 0 N–H and O–H groups in total. The van der Waals surface area contributed by atoms with E-state index in [0.717, 1.165) is 0 Å². The summed E-state index contributed by atoms with van der Waals surface area (Å²) in [6.45, 7) is 1.30. The molecule has 1 amide bonds. The van der Waals surface area contributed by atoms with Gasteiger partial charge in [-0.25, -0.2) is 13.4 Å². The molecule has 0 aromatic carbocycles. The van der Waals surface area contributed by atoms with E-state index in [4.69, 9.17) is 4.42 Å². The van der Waals surface area contributed by atoms with Gasteiger partial charge in [-0.3, -0.25) is 9.69 Å². The molecule has 146 valence electrons. The van der Waals surface area contributed by atoms with Gasteiger partial charge in [0.15, 0.2) is 9.84 Å². The van der Waals surface area contributed by atoms with E-state index in [-0.39, 0.29) is 44.2 Å². The molecule has 26 heavy (non-hydrogen) atoms. The molecule has 0 unspecified atom stereocenters. The highest BCUT2D eigenvalue weighted by Gasteiger charge is 2.53. The molecular formula is C15H20F3N3O4S. The van der Waals surface area contributed by atoms with Crippen molar-refractivity contribution in [2.75, 3.05) is 37.7 Å². The lowest BCUT2D eigenvalue weighted by Gasteiger charge is -2.31. The minimum atomic E-state index is -4.51. The Morgan fingerprint density at radius 1 is 1.31 bits per heavy atom. The number of alkyl halides is 3. The Labute approximate surface area is 149 Å². The smallest absolute Gasteiger partial charge is 0.393 e. The van der Waals surface area contributed by atoms with E-state index in [1.54, 1.807) is 6.92 Å². The Hall–Kier alpha value is -1.62. The van der Waals surface area contributed by atoms with Crippen LogP contribution in [0.1, 0.15) is 11.7 Å². The summed E-state index contributed by atoms with van der Waals surface area (Å²) in [5.41, 5.74) is 0. The molecule has 7 nitrogen and oxygen atoms in total. The minimum Gasteiger partial charge on any atom is -0.445 e. The number of sulfone groups is 1. The van der Waals surface area contributed by atoms with Crippen LogP contribution in [0.5, 0.6) is 0 Å². The molecule has 3 rings (SSSR count). The minimum absolute atomic E-state index is 0.0544. The van der Waals surface area contributed by atoms with E-state index in [2.05, 4.69) is 4.98 Å². The van der Waals surface area contributed by atoms with Crippen molar-refractivity contribution in [3.05, 3.63) is 17.8 Å². The zero-order valence-electron chi connectivity index (χ0n) is 14.2. The lowest BCUT2D eigenvalue weighted by molar-refractivity contribution is -0.186. The average molecular weight is 395 g/mol. The number of rotatable bonds is 3. The SMILES string of the molecule is Cc1cnc(CN2C[C@H](C(=O)N3CCS(=O)(=O)CC3)[C@@H](C(F)(F)F)C2)o1. The van der Waals surface area contributed by atoms with E-state index in [1.807, 2.05) is 0 Å². The first-order valence-corrected chi connectivity index (χ1v) is 10.1. The molecule has 0 spiro atoms. The average Bonchev–Trinajstić information content (AvgIpc) is 3.13. The van der Waals surface area contributed by atoms with Crippen LogP contribution in [0.15, 0.2) is 10.6 Å². The first kappa shape index (κ1) is 19.2. The predicted molar refractivity (Wildman–Crippen MR) is 84.8 cm³/mol. The lowest BCUT2D eigenvalue weighted by Crippen LogP contribution is -2.49. The molecule has 1 aromatic rings. The Kier molecular flexibility index (Phi) is 5.04. The number of nitrogens with zero attached hydrogens (tertiary/aromatic N) is 3. The number of hydrogen-bond acceptors (Lipinski definition) is 6. The number of hydrogen-bond donors (Lipinski definition) is 0. The van der Waals surface area contributed by atoms with E-state index in [1.165, 1.54) is 16.0 Å². The predicted octanol–water partition coefficient (Wildman–Crippen LogP) is 0.850. The first-order chi connectivity index (χ1) is 12.0. The highest BCUT2D eigenvalue weighted by Crippen LogP contribution is 2.39. The van der Waals surface area contributed by atoms with Gasteiger partial charge in [-0.1, -0.05) is 0 Å². The number of oxazole rings is 1. The molecule has 0 radical (unpaired) electrons. The van der Waals surface area contributed by atoms with Crippen LogP contribution >= 0.6 is 0 Å². The van der Waals surface area contributed by atoms with Crippen molar-refractivity contribution in [1.29, 1.82) is 0 Å². The van der Waals surface area contributed by atoms with E-state index in [9.17, 15) is 26.4 Å². The first-order valence-electron chi connectivity index (χ1n) is 8.25. The molecule has 11 heteroatoms.